The van der Waals surface area contributed by atoms with Crippen molar-refractivity contribution in [2.45, 2.75) is 52.1 Å². The Bertz CT molecular complexity index is 866. The van der Waals surface area contributed by atoms with Crippen LogP contribution in [0.2, 0.25) is 0 Å². The van der Waals surface area contributed by atoms with Gasteiger partial charge in [0, 0.05) is 36.4 Å². The van der Waals surface area contributed by atoms with Crippen LogP contribution >= 0.6 is 12.4 Å². The van der Waals surface area contributed by atoms with Crippen LogP contribution in [0.15, 0.2) is 18.2 Å². The molecule has 0 radical (unpaired) electrons. The first kappa shape index (κ1) is 19.8. The number of aryl methyl sites for hydroxylation is 1. The van der Waals surface area contributed by atoms with E-state index in [0.29, 0.717) is 17.9 Å². The van der Waals surface area contributed by atoms with Gasteiger partial charge >= 0.3 is 0 Å². The van der Waals surface area contributed by atoms with Gasteiger partial charge in [-0.05, 0) is 57.7 Å². The van der Waals surface area contributed by atoms with E-state index in [-0.39, 0.29) is 36.2 Å². The van der Waals surface area contributed by atoms with Crippen molar-refractivity contribution in [1.82, 2.24) is 20.0 Å². The van der Waals surface area contributed by atoms with Crippen LogP contribution in [0, 0.1) is 12.7 Å². The Morgan fingerprint density at radius 2 is 2.07 bits per heavy atom. The number of rotatable bonds is 2. The third-order valence-corrected chi connectivity index (χ3v) is 5.76. The molecule has 2 heterocycles. The number of carbonyl (C=O) groups excluding carboxylic acids is 1. The first-order valence-electron chi connectivity index (χ1n) is 9.39. The summed E-state index contributed by atoms with van der Waals surface area (Å²) in [5.74, 6) is -0.333. The summed E-state index contributed by atoms with van der Waals surface area (Å²) in [4.78, 5) is 15.1. The summed E-state index contributed by atoms with van der Waals surface area (Å²) >= 11 is 0. The average molecular weight is 393 g/mol. The minimum atomic E-state index is -0.301. The maximum atomic E-state index is 14.5. The van der Waals surface area contributed by atoms with Crippen LogP contribution in [-0.4, -0.2) is 45.8 Å². The Balaban J connectivity index is 0.00000210. The predicted molar refractivity (Wildman–Crippen MR) is 105 cm³/mol. The monoisotopic (exact) mass is 392 g/mol. The normalized spacial score (nSPS) is 21.7. The number of halogens is 2. The molecule has 2 atom stereocenters. The molecule has 7 heteroatoms. The van der Waals surface area contributed by atoms with E-state index >= 15 is 0 Å². The minimum absolute atomic E-state index is 0. The van der Waals surface area contributed by atoms with Crippen LogP contribution in [0.1, 0.15) is 47.6 Å². The van der Waals surface area contributed by atoms with Gasteiger partial charge in [0.15, 0.2) is 5.69 Å². The van der Waals surface area contributed by atoms with Gasteiger partial charge in [-0.1, -0.05) is 6.07 Å². The number of hydrogen-bond donors (Lipinski definition) is 1. The van der Waals surface area contributed by atoms with Crippen LogP contribution in [-0.2, 0) is 12.8 Å². The van der Waals surface area contributed by atoms with Crippen molar-refractivity contribution in [2.75, 3.05) is 13.1 Å². The number of hydrogen-bond acceptors (Lipinski definition) is 3. The van der Waals surface area contributed by atoms with Gasteiger partial charge in [-0.15, -0.1) is 12.4 Å². The van der Waals surface area contributed by atoms with E-state index in [4.69, 9.17) is 0 Å². The van der Waals surface area contributed by atoms with Gasteiger partial charge in [0.25, 0.3) is 5.91 Å². The number of benzene rings is 1. The Morgan fingerprint density at radius 1 is 1.30 bits per heavy atom. The van der Waals surface area contributed by atoms with Crippen molar-refractivity contribution < 1.29 is 9.18 Å². The molecular weight excluding hydrogens is 367 g/mol. The highest BCUT2D eigenvalue weighted by Gasteiger charge is 2.34. The number of fused-ring (bicyclic) bond motifs is 1. The number of piperazine rings is 1. The maximum Gasteiger partial charge on any atom is 0.275 e. The fourth-order valence-electron chi connectivity index (χ4n) is 4.07. The number of aromatic nitrogens is 2. The number of amides is 1. The third-order valence-electron chi connectivity index (χ3n) is 5.76. The average Bonchev–Trinajstić information content (AvgIpc) is 3.20. The minimum Gasteiger partial charge on any atom is -0.332 e. The number of nitrogens with one attached hydrogen (secondary N) is 1. The molecule has 1 saturated heterocycles. The summed E-state index contributed by atoms with van der Waals surface area (Å²) in [5.41, 5.74) is 3.77. The SMILES string of the molecule is Cc1ccc(-n2nc(C(=O)N3CCNC(C)C3C)c3c2CCC3)c(F)c1.Cl. The zero-order chi connectivity index (χ0) is 18.4. The lowest BCUT2D eigenvalue weighted by Gasteiger charge is -2.38. The van der Waals surface area contributed by atoms with Crippen LogP contribution < -0.4 is 5.32 Å². The Hall–Kier alpha value is -1.92. The van der Waals surface area contributed by atoms with E-state index in [1.807, 2.05) is 17.9 Å². The lowest BCUT2D eigenvalue weighted by atomic mass is 10.1. The lowest BCUT2D eigenvalue weighted by Crippen LogP contribution is -2.57. The molecule has 0 spiro atoms. The molecule has 0 bridgehead atoms. The Labute approximate surface area is 165 Å². The molecule has 2 aliphatic rings. The zero-order valence-corrected chi connectivity index (χ0v) is 16.8. The molecule has 4 rings (SSSR count). The summed E-state index contributed by atoms with van der Waals surface area (Å²) in [6.45, 7) is 7.47. The van der Waals surface area contributed by atoms with E-state index < -0.39 is 0 Å². The van der Waals surface area contributed by atoms with Crippen molar-refractivity contribution >= 4 is 18.3 Å². The highest BCUT2D eigenvalue weighted by atomic mass is 35.5. The predicted octanol–water partition coefficient (Wildman–Crippen LogP) is 3.05. The van der Waals surface area contributed by atoms with Gasteiger partial charge in [-0.2, -0.15) is 5.10 Å². The molecule has 5 nitrogen and oxygen atoms in total. The van der Waals surface area contributed by atoms with Gasteiger partial charge in [0.1, 0.15) is 11.5 Å². The first-order valence-corrected chi connectivity index (χ1v) is 9.39. The van der Waals surface area contributed by atoms with Gasteiger partial charge in [-0.3, -0.25) is 4.79 Å². The molecule has 1 aromatic carbocycles. The second kappa shape index (κ2) is 7.60. The molecule has 146 valence electrons. The molecule has 1 amide bonds. The second-order valence-corrected chi connectivity index (χ2v) is 7.48. The standard InChI is InChI=1S/C20H25FN4O.ClH/c1-12-7-8-18(16(21)11-12)25-17-6-4-5-15(17)19(23-25)20(26)24-10-9-22-13(2)14(24)3;/h7-8,11,13-14,22H,4-6,9-10H2,1-3H3;1H. The van der Waals surface area contributed by atoms with E-state index in [0.717, 1.165) is 42.6 Å². The maximum absolute atomic E-state index is 14.5. The smallest absolute Gasteiger partial charge is 0.275 e. The Morgan fingerprint density at radius 3 is 2.81 bits per heavy atom. The molecule has 1 fully saturated rings. The van der Waals surface area contributed by atoms with Crippen molar-refractivity contribution in [1.29, 1.82) is 0 Å². The highest BCUT2D eigenvalue weighted by molar-refractivity contribution is 5.94. The quantitative estimate of drug-likeness (QED) is 0.854. The van der Waals surface area contributed by atoms with Gasteiger partial charge < -0.3 is 10.2 Å². The van der Waals surface area contributed by atoms with Gasteiger partial charge in [-0.25, -0.2) is 9.07 Å². The molecule has 2 unspecified atom stereocenters. The van der Waals surface area contributed by atoms with E-state index in [2.05, 4.69) is 24.3 Å². The van der Waals surface area contributed by atoms with Gasteiger partial charge in [0.2, 0.25) is 0 Å². The first-order chi connectivity index (χ1) is 12.5. The van der Waals surface area contributed by atoms with Crippen LogP contribution in [0.5, 0.6) is 0 Å². The molecule has 2 aromatic rings. The third kappa shape index (κ3) is 3.36. The summed E-state index contributed by atoms with van der Waals surface area (Å²) in [5, 5.41) is 7.99. The molecule has 1 aliphatic carbocycles. The summed E-state index contributed by atoms with van der Waals surface area (Å²) < 4.78 is 16.2. The zero-order valence-electron chi connectivity index (χ0n) is 16.0. The van der Waals surface area contributed by atoms with Gasteiger partial charge in [0.05, 0.1) is 0 Å². The van der Waals surface area contributed by atoms with Crippen LogP contribution in [0.4, 0.5) is 4.39 Å². The number of nitrogens with zero attached hydrogens (tertiary/aromatic N) is 3. The molecule has 1 aromatic heterocycles. The summed E-state index contributed by atoms with van der Waals surface area (Å²) in [7, 11) is 0. The highest BCUT2D eigenvalue weighted by Crippen LogP contribution is 2.30. The number of carbonyl (C=O) groups is 1. The van der Waals surface area contributed by atoms with Crippen molar-refractivity contribution in [2.24, 2.45) is 0 Å². The van der Waals surface area contributed by atoms with Crippen molar-refractivity contribution in [3.8, 4) is 5.69 Å². The molecule has 27 heavy (non-hydrogen) atoms. The largest absolute Gasteiger partial charge is 0.332 e. The van der Waals surface area contributed by atoms with Crippen molar-refractivity contribution in [3.05, 3.63) is 46.5 Å². The van der Waals surface area contributed by atoms with E-state index in [1.54, 1.807) is 10.7 Å². The topological polar surface area (TPSA) is 50.2 Å². The second-order valence-electron chi connectivity index (χ2n) is 7.48. The fraction of sp³-hybridized carbons (Fsp3) is 0.500. The fourth-order valence-corrected chi connectivity index (χ4v) is 4.07. The molecule has 1 aliphatic heterocycles. The molecule has 0 saturated carbocycles. The summed E-state index contributed by atoms with van der Waals surface area (Å²) in [6, 6.07) is 5.50. The van der Waals surface area contributed by atoms with Crippen LogP contribution in [0.25, 0.3) is 5.69 Å². The van der Waals surface area contributed by atoms with Crippen molar-refractivity contribution in [3.63, 3.8) is 0 Å². The summed E-state index contributed by atoms with van der Waals surface area (Å²) in [6.07, 6.45) is 2.64. The lowest BCUT2D eigenvalue weighted by molar-refractivity contribution is 0.0595. The van der Waals surface area contributed by atoms with Crippen LogP contribution in [0.3, 0.4) is 0 Å². The van der Waals surface area contributed by atoms with E-state index in [1.165, 1.54) is 6.07 Å². The molecular formula is C20H26ClFN4O. The molecule has 1 N–H and O–H groups in total. The van der Waals surface area contributed by atoms with E-state index in [9.17, 15) is 9.18 Å². The Kier molecular flexibility index (Phi) is 5.58.